The fourth-order valence-electron chi connectivity index (χ4n) is 2.67. The molecule has 3 aromatic rings. The first-order valence-electron chi connectivity index (χ1n) is 8.31. The normalized spacial score (nSPS) is 10.6. The lowest BCUT2D eigenvalue weighted by atomic mass is 10.2. The molecule has 9 nitrogen and oxygen atoms in total. The molecule has 0 aliphatic heterocycles. The average molecular weight is 403 g/mol. The van der Waals surface area contributed by atoms with Crippen LogP contribution in [0.3, 0.4) is 0 Å². The number of methoxy groups -OCH3 is 1. The second kappa shape index (κ2) is 8.13. The highest BCUT2D eigenvalue weighted by Gasteiger charge is 2.21. The molecule has 2 heterocycles. The molecule has 2 N–H and O–H groups in total. The molecule has 0 radical (unpaired) electrons. The third-order valence-corrected chi connectivity index (χ3v) is 4.25. The summed E-state index contributed by atoms with van der Waals surface area (Å²) in [6, 6.07) is 4.72. The molecule has 0 saturated heterocycles. The fraction of sp³-hybridized carbons (Fsp3) is 0.222. The first-order chi connectivity index (χ1) is 13.4. The van der Waals surface area contributed by atoms with Gasteiger partial charge in [0.15, 0.2) is 0 Å². The van der Waals surface area contributed by atoms with Crippen LogP contribution in [0.2, 0.25) is 5.02 Å². The number of aromatic nitrogens is 4. The monoisotopic (exact) mass is 402 g/mol. The van der Waals surface area contributed by atoms with Crippen LogP contribution in [0.1, 0.15) is 26.4 Å². The Bertz CT molecular complexity index is 1030. The molecule has 1 aromatic carbocycles. The molecule has 3 rings (SSSR count). The number of nitrogens with zero attached hydrogens (tertiary/aromatic N) is 4. The van der Waals surface area contributed by atoms with Gasteiger partial charge in [-0.2, -0.15) is 10.2 Å². The number of aryl methyl sites for hydroxylation is 2. The average Bonchev–Trinajstić information content (AvgIpc) is 3.25. The van der Waals surface area contributed by atoms with Gasteiger partial charge in [-0.3, -0.25) is 19.0 Å². The number of benzene rings is 1. The number of hydrogen-bond donors (Lipinski definition) is 2. The van der Waals surface area contributed by atoms with Gasteiger partial charge in [-0.1, -0.05) is 11.6 Å². The van der Waals surface area contributed by atoms with Crippen molar-refractivity contribution < 1.29 is 14.3 Å². The van der Waals surface area contributed by atoms with Crippen molar-refractivity contribution in [1.29, 1.82) is 0 Å². The van der Waals surface area contributed by atoms with Crippen molar-refractivity contribution in [2.24, 2.45) is 14.1 Å². The third kappa shape index (κ3) is 4.15. The first kappa shape index (κ1) is 19.4. The zero-order valence-corrected chi connectivity index (χ0v) is 16.3. The molecular weight excluding hydrogens is 384 g/mol. The van der Waals surface area contributed by atoms with E-state index in [1.807, 2.05) is 0 Å². The molecule has 2 amide bonds. The van der Waals surface area contributed by atoms with E-state index < -0.39 is 5.91 Å². The van der Waals surface area contributed by atoms with E-state index in [4.69, 9.17) is 16.3 Å². The molecule has 0 unspecified atom stereocenters. The van der Waals surface area contributed by atoms with Crippen molar-refractivity contribution in [3.05, 3.63) is 58.6 Å². The van der Waals surface area contributed by atoms with Crippen LogP contribution in [0, 0.1) is 0 Å². The van der Waals surface area contributed by atoms with Crippen LogP contribution in [-0.2, 0) is 20.6 Å². The van der Waals surface area contributed by atoms with Crippen molar-refractivity contribution >= 4 is 29.1 Å². The van der Waals surface area contributed by atoms with Crippen LogP contribution < -0.4 is 15.4 Å². The highest BCUT2D eigenvalue weighted by atomic mass is 35.5. The van der Waals surface area contributed by atoms with E-state index >= 15 is 0 Å². The zero-order valence-electron chi connectivity index (χ0n) is 15.6. The molecule has 28 heavy (non-hydrogen) atoms. The standard InChI is InChI=1S/C18H19ClN6O3/c1-24-10-11(8-21-24)7-20-18(27)16-14(9-22-25(16)2)23-17(26)13-6-12(19)4-5-15(13)28-3/h4-6,8-10H,7H2,1-3H3,(H,20,27)(H,23,26). The second-order valence-corrected chi connectivity index (χ2v) is 6.47. The Morgan fingerprint density at radius 1 is 1.18 bits per heavy atom. The highest BCUT2D eigenvalue weighted by Crippen LogP contribution is 2.24. The van der Waals surface area contributed by atoms with E-state index in [-0.39, 0.29) is 22.9 Å². The lowest BCUT2D eigenvalue weighted by Crippen LogP contribution is -2.26. The lowest BCUT2D eigenvalue weighted by Gasteiger charge is -2.11. The van der Waals surface area contributed by atoms with E-state index in [0.29, 0.717) is 17.3 Å². The molecule has 0 saturated carbocycles. The van der Waals surface area contributed by atoms with Crippen LogP contribution in [0.15, 0.2) is 36.8 Å². The summed E-state index contributed by atoms with van der Waals surface area (Å²) < 4.78 is 8.24. The maximum absolute atomic E-state index is 12.7. The molecule has 2 aromatic heterocycles. The summed E-state index contributed by atoms with van der Waals surface area (Å²) in [6.07, 6.45) is 4.88. The van der Waals surface area contributed by atoms with Gasteiger partial charge in [-0.15, -0.1) is 0 Å². The summed E-state index contributed by atoms with van der Waals surface area (Å²) in [6.45, 7) is 0.299. The molecule has 0 atom stereocenters. The number of anilines is 1. The largest absolute Gasteiger partial charge is 0.496 e. The van der Waals surface area contributed by atoms with Crippen molar-refractivity contribution in [3.8, 4) is 5.75 Å². The SMILES string of the molecule is COc1ccc(Cl)cc1C(=O)Nc1cnn(C)c1C(=O)NCc1cnn(C)c1. The van der Waals surface area contributed by atoms with E-state index in [0.717, 1.165) is 5.56 Å². The highest BCUT2D eigenvalue weighted by molar-refractivity contribution is 6.31. The number of carbonyl (C=O) groups is 2. The number of nitrogens with one attached hydrogen (secondary N) is 2. The van der Waals surface area contributed by atoms with Crippen LogP contribution in [0.5, 0.6) is 5.75 Å². The number of halogens is 1. The van der Waals surface area contributed by atoms with Crippen molar-refractivity contribution in [2.45, 2.75) is 6.54 Å². The van der Waals surface area contributed by atoms with Gasteiger partial charge in [-0.25, -0.2) is 0 Å². The summed E-state index contributed by atoms with van der Waals surface area (Å²) >= 11 is 5.98. The van der Waals surface area contributed by atoms with Gasteiger partial charge in [0.25, 0.3) is 11.8 Å². The van der Waals surface area contributed by atoms with Crippen LogP contribution in [0.25, 0.3) is 0 Å². The van der Waals surface area contributed by atoms with Gasteiger partial charge in [-0.05, 0) is 18.2 Å². The molecule has 0 aliphatic carbocycles. The fourth-order valence-corrected chi connectivity index (χ4v) is 2.85. The van der Waals surface area contributed by atoms with Crippen LogP contribution in [-0.4, -0.2) is 38.5 Å². The minimum Gasteiger partial charge on any atom is -0.496 e. The van der Waals surface area contributed by atoms with Crippen molar-refractivity contribution in [2.75, 3.05) is 12.4 Å². The minimum atomic E-state index is -0.464. The Morgan fingerprint density at radius 2 is 1.96 bits per heavy atom. The first-order valence-corrected chi connectivity index (χ1v) is 8.69. The number of ether oxygens (including phenoxy) is 1. The smallest absolute Gasteiger partial charge is 0.271 e. The van der Waals surface area contributed by atoms with E-state index in [1.54, 1.807) is 43.3 Å². The lowest BCUT2D eigenvalue weighted by molar-refractivity contribution is 0.0942. The quantitative estimate of drug-likeness (QED) is 0.656. The number of amides is 2. The van der Waals surface area contributed by atoms with Gasteiger partial charge in [0.2, 0.25) is 0 Å². The van der Waals surface area contributed by atoms with E-state index in [9.17, 15) is 9.59 Å². The van der Waals surface area contributed by atoms with Gasteiger partial charge < -0.3 is 15.4 Å². The Morgan fingerprint density at radius 3 is 2.64 bits per heavy atom. The molecule has 0 aliphatic rings. The summed E-state index contributed by atoms with van der Waals surface area (Å²) in [5.41, 5.74) is 1.60. The molecule has 0 bridgehead atoms. The number of hydrogen-bond acceptors (Lipinski definition) is 5. The minimum absolute atomic E-state index is 0.221. The summed E-state index contributed by atoms with van der Waals surface area (Å²) in [7, 11) is 4.88. The van der Waals surface area contributed by atoms with Gasteiger partial charge in [0.1, 0.15) is 11.4 Å². The van der Waals surface area contributed by atoms with Crippen LogP contribution >= 0.6 is 11.6 Å². The van der Waals surface area contributed by atoms with E-state index in [1.165, 1.54) is 24.1 Å². The molecule has 146 valence electrons. The molecule has 10 heteroatoms. The maximum atomic E-state index is 12.7. The third-order valence-electron chi connectivity index (χ3n) is 4.02. The molecule has 0 spiro atoms. The summed E-state index contributed by atoms with van der Waals surface area (Å²) in [5.74, 6) is -0.473. The Balaban J connectivity index is 1.78. The summed E-state index contributed by atoms with van der Waals surface area (Å²) in [5, 5.41) is 14.0. The Kier molecular flexibility index (Phi) is 5.65. The predicted octanol–water partition coefficient (Wildman–Crippen LogP) is 2.00. The Hall–Kier alpha value is -3.33. The van der Waals surface area contributed by atoms with Crippen molar-refractivity contribution in [1.82, 2.24) is 24.9 Å². The molecule has 0 fully saturated rings. The second-order valence-electron chi connectivity index (χ2n) is 6.03. The molecular formula is C18H19ClN6O3. The van der Waals surface area contributed by atoms with Gasteiger partial charge >= 0.3 is 0 Å². The maximum Gasteiger partial charge on any atom is 0.271 e. The van der Waals surface area contributed by atoms with Gasteiger partial charge in [0, 0.05) is 37.4 Å². The summed E-state index contributed by atoms with van der Waals surface area (Å²) in [4.78, 5) is 25.3. The zero-order chi connectivity index (χ0) is 20.3. The topological polar surface area (TPSA) is 103 Å². The Labute approximate surface area is 166 Å². The van der Waals surface area contributed by atoms with Gasteiger partial charge in [0.05, 0.1) is 30.8 Å². The number of carbonyl (C=O) groups excluding carboxylic acids is 2. The van der Waals surface area contributed by atoms with Crippen LogP contribution in [0.4, 0.5) is 5.69 Å². The number of rotatable bonds is 6. The van der Waals surface area contributed by atoms with Crippen molar-refractivity contribution in [3.63, 3.8) is 0 Å². The predicted molar refractivity (Wildman–Crippen MR) is 104 cm³/mol. The van der Waals surface area contributed by atoms with E-state index in [2.05, 4.69) is 20.8 Å².